The van der Waals surface area contributed by atoms with E-state index in [2.05, 4.69) is 16.4 Å². The molecule has 1 aliphatic heterocycles. The molecule has 0 saturated carbocycles. The lowest BCUT2D eigenvalue weighted by Gasteiger charge is -2.25. The highest BCUT2D eigenvalue weighted by Gasteiger charge is 2.26. The van der Waals surface area contributed by atoms with Crippen molar-refractivity contribution >= 4 is 27.6 Å². The first-order valence-electron chi connectivity index (χ1n) is 8.95. The van der Waals surface area contributed by atoms with E-state index in [4.69, 9.17) is 10.00 Å². The monoisotopic (exact) mass is 418 g/mol. The standard InChI is InChI=1S/C19H22N4O3S2/c20-13-16-3-1-2-4-17(16)15-27-12-7-21-19-6-5-18(14-22-19)28(24,25)23-8-10-26-11-9-23/h1-6,14H,7-12,15H2,(H,21,22). The first kappa shape index (κ1) is 20.6. The van der Waals surface area contributed by atoms with Gasteiger partial charge in [-0.05, 0) is 23.8 Å². The van der Waals surface area contributed by atoms with E-state index >= 15 is 0 Å². The normalized spacial score (nSPS) is 15.1. The number of rotatable bonds is 8. The van der Waals surface area contributed by atoms with E-state index in [0.29, 0.717) is 44.2 Å². The Balaban J connectivity index is 1.46. The quantitative estimate of drug-likeness (QED) is 0.657. The second-order valence-corrected chi connectivity index (χ2v) is 9.19. The second-order valence-electron chi connectivity index (χ2n) is 6.14. The molecule has 28 heavy (non-hydrogen) atoms. The zero-order valence-electron chi connectivity index (χ0n) is 15.4. The van der Waals surface area contributed by atoms with Crippen LogP contribution in [-0.4, -0.2) is 56.3 Å². The SMILES string of the molecule is N#Cc1ccccc1CSCCNc1ccc(S(=O)(=O)N2CCOCC2)cn1. The summed E-state index contributed by atoms with van der Waals surface area (Å²) >= 11 is 1.73. The van der Waals surface area contributed by atoms with Gasteiger partial charge in [0, 0.05) is 37.3 Å². The van der Waals surface area contributed by atoms with E-state index in [-0.39, 0.29) is 4.90 Å². The highest BCUT2D eigenvalue weighted by Crippen LogP contribution is 2.18. The summed E-state index contributed by atoms with van der Waals surface area (Å²) in [5.74, 6) is 2.25. The summed E-state index contributed by atoms with van der Waals surface area (Å²) in [5.41, 5.74) is 1.74. The lowest BCUT2D eigenvalue weighted by atomic mass is 10.1. The lowest BCUT2D eigenvalue weighted by molar-refractivity contribution is 0.0730. The van der Waals surface area contributed by atoms with Crippen LogP contribution in [0, 0.1) is 11.3 Å². The third kappa shape index (κ3) is 5.23. The molecule has 0 unspecified atom stereocenters. The van der Waals surface area contributed by atoms with Crippen molar-refractivity contribution in [2.24, 2.45) is 0 Å². The molecule has 1 aromatic carbocycles. The molecular weight excluding hydrogens is 396 g/mol. The molecule has 0 amide bonds. The van der Waals surface area contributed by atoms with Crippen LogP contribution in [0.25, 0.3) is 0 Å². The van der Waals surface area contributed by atoms with Crippen LogP contribution in [0.4, 0.5) is 5.82 Å². The van der Waals surface area contributed by atoms with E-state index in [1.807, 2.05) is 24.3 Å². The molecular formula is C19H22N4O3S2. The van der Waals surface area contributed by atoms with Crippen LogP contribution in [0.1, 0.15) is 11.1 Å². The topological polar surface area (TPSA) is 95.3 Å². The van der Waals surface area contributed by atoms with Gasteiger partial charge in [-0.1, -0.05) is 18.2 Å². The fourth-order valence-electron chi connectivity index (χ4n) is 2.76. The van der Waals surface area contributed by atoms with Crippen molar-refractivity contribution in [1.82, 2.24) is 9.29 Å². The number of aromatic nitrogens is 1. The Hall–Kier alpha value is -2.12. The van der Waals surface area contributed by atoms with Gasteiger partial charge in [0.2, 0.25) is 10.0 Å². The summed E-state index contributed by atoms with van der Waals surface area (Å²) in [4.78, 5) is 4.42. The largest absolute Gasteiger partial charge is 0.379 e. The van der Waals surface area contributed by atoms with Gasteiger partial charge in [0.1, 0.15) is 10.7 Å². The van der Waals surface area contributed by atoms with E-state index < -0.39 is 10.0 Å². The van der Waals surface area contributed by atoms with E-state index in [0.717, 1.165) is 17.1 Å². The molecule has 148 valence electrons. The first-order valence-corrected chi connectivity index (χ1v) is 11.5. The summed E-state index contributed by atoms with van der Waals surface area (Å²) < 4.78 is 31.8. The molecule has 7 nitrogen and oxygen atoms in total. The molecule has 0 radical (unpaired) electrons. The van der Waals surface area contributed by atoms with Gasteiger partial charge in [0.25, 0.3) is 0 Å². The number of morpholine rings is 1. The third-order valence-corrected chi connectivity index (χ3v) is 7.18. The molecule has 1 aliphatic rings. The number of benzene rings is 1. The first-order chi connectivity index (χ1) is 13.6. The molecule has 1 aromatic heterocycles. The van der Waals surface area contributed by atoms with Crippen LogP contribution in [0.15, 0.2) is 47.5 Å². The predicted molar refractivity (Wildman–Crippen MR) is 110 cm³/mol. The zero-order valence-corrected chi connectivity index (χ0v) is 17.0. The number of nitrogens with zero attached hydrogens (tertiary/aromatic N) is 3. The van der Waals surface area contributed by atoms with Gasteiger partial charge < -0.3 is 10.1 Å². The molecule has 0 aliphatic carbocycles. The molecule has 1 fully saturated rings. The highest BCUT2D eigenvalue weighted by molar-refractivity contribution is 7.98. The minimum atomic E-state index is -3.51. The van der Waals surface area contributed by atoms with Gasteiger partial charge in [-0.25, -0.2) is 13.4 Å². The Morgan fingerprint density at radius 2 is 2.00 bits per heavy atom. The maximum atomic E-state index is 12.6. The average Bonchev–Trinajstić information content (AvgIpc) is 2.75. The molecule has 0 spiro atoms. The van der Waals surface area contributed by atoms with Gasteiger partial charge in [0.15, 0.2) is 0 Å². The minimum Gasteiger partial charge on any atom is -0.379 e. The lowest BCUT2D eigenvalue weighted by Crippen LogP contribution is -2.40. The fraction of sp³-hybridized carbons (Fsp3) is 0.368. The second kappa shape index (κ2) is 9.89. The van der Waals surface area contributed by atoms with Gasteiger partial charge in [-0.3, -0.25) is 0 Å². The molecule has 0 atom stereocenters. The number of nitrogens with one attached hydrogen (secondary N) is 1. The van der Waals surface area contributed by atoms with Crippen molar-refractivity contribution < 1.29 is 13.2 Å². The number of hydrogen-bond acceptors (Lipinski definition) is 7. The molecule has 1 saturated heterocycles. The van der Waals surface area contributed by atoms with E-state index in [1.165, 1.54) is 10.5 Å². The zero-order chi connectivity index (χ0) is 19.8. The Morgan fingerprint density at radius 3 is 2.71 bits per heavy atom. The Kier molecular flexibility index (Phi) is 7.28. The smallest absolute Gasteiger partial charge is 0.244 e. The predicted octanol–water partition coefficient (Wildman–Crippen LogP) is 2.32. The fourth-order valence-corrected chi connectivity index (χ4v) is 4.98. The number of anilines is 1. The highest BCUT2D eigenvalue weighted by atomic mass is 32.2. The third-order valence-electron chi connectivity index (χ3n) is 4.29. The number of ether oxygens (including phenoxy) is 1. The molecule has 1 N–H and O–H groups in total. The van der Waals surface area contributed by atoms with Crippen molar-refractivity contribution in [3.05, 3.63) is 53.7 Å². The molecule has 3 rings (SSSR count). The van der Waals surface area contributed by atoms with Crippen LogP contribution in [0.2, 0.25) is 0 Å². The summed E-state index contributed by atoms with van der Waals surface area (Å²) in [6.07, 6.45) is 1.39. The number of pyridine rings is 1. The van der Waals surface area contributed by atoms with Crippen molar-refractivity contribution in [2.75, 3.05) is 43.9 Å². The Bertz CT molecular complexity index is 921. The van der Waals surface area contributed by atoms with Crippen molar-refractivity contribution in [1.29, 1.82) is 5.26 Å². The van der Waals surface area contributed by atoms with Crippen molar-refractivity contribution in [3.63, 3.8) is 0 Å². The Labute approximate surface area is 169 Å². The number of hydrogen-bond donors (Lipinski definition) is 1. The van der Waals surface area contributed by atoms with Crippen LogP contribution in [0.3, 0.4) is 0 Å². The van der Waals surface area contributed by atoms with E-state index in [1.54, 1.807) is 23.9 Å². The Morgan fingerprint density at radius 1 is 1.21 bits per heavy atom. The molecule has 2 heterocycles. The minimum absolute atomic E-state index is 0.197. The summed E-state index contributed by atoms with van der Waals surface area (Å²) in [6.45, 7) is 2.27. The van der Waals surface area contributed by atoms with Gasteiger partial charge in [0.05, 0.1) is 24.8 Å². The van der Waals surface area contributed by atoms with Gasteiger partial charge in [-0.15, -0.1) is 0 Å². The molecule has 0 bridgehead atoms. The van der Waals surface area contributed by atoms with Crippen molar-refractivity contribution in [2.45, 2.75) is 10.6 Å². The maximum absolute atomic E-state index is 12.6. The number of nitriles is 1. The molecule has 9 heteroatoms. The van der Waals surface area contributed by atoms with Crippen LogP contribution < -0.4 is 5.32 Å². The summed E-state index contributed by atoms with van der Waals surface area (Å²) in [6, 6.07) is 13.1. The van der Waals surface area contributed by atoms with Gasteiger partial charge in [-0.2, -0.15) is 21.3 Å². The maximum Gasteiger partial charge on any atom is 0.244 e. The number of sulfonamides is 1. The average molecular weight is 419 g/mol. The van der Waals surface area contributed by atoms with Crippen LogP contribution in [0.5, 0.6) is 0 Å². The number of thioether (sulfide) groups is 1. The summed E-state index contributed by atoms with van der Waals surface area (Å²) in [7, 11) is -3.51. The molecule has 2 aromatic rings. The van der Waals surface area contributed by atoms with Crippen molar-refractivity contribution in [3.8, 4) is 6.07 Å². The summed E-state index contributed by atoms with van der Waals surface area (Å²) in [5, 5.41) is 12.3. The van der Waals surface area contributed by atoms with Gasteiger partial charge >= 0.3 is 0 Å². The van der Waals surface area contributed by atoms with E-state index in [9.17, 15) is 8.42 Å². The van der Waals surface area contributed by atoms with Crippen LogP contribution >= 0.6 is 11.8 Å². The van der Waals surface area contributed by atoms with Crippen LogP contribution in [-0.2, 0) is 20.5 Å².